The van der Waals surface area contributed by atoms with Crippen molar-refractivity contribution in [1.29, 1.82) is 0 Å². The maximum absolute atomic E-state index is 12.9. The van der Waals surface area contributed by atoms with Gasteiger partial charge in [0.25, 0.3) is 5.91 Å². The van der Waals surface area contributed by atoms with E-state index in [1.54, 1.807) is 0 Å². The van der Waals surface area contributed by atoms with Crippen LogP contribution in [-0.2, 0) is 6.54 Å². The molecule has 0 radical (unpaired) electrons. The van der Waals surface area contributed by atoms with E-state index in [0.29, 0.717) is 0 Å². The van der Waals surface area contributed by atoms with Crippen molar-refractivity contribution >= 4 is 17.2 Å². The fourth-order valence-corrected chi connectivity index (χ4v) is 4.45. The van der Waals surface area contributed by atoms with Crippen molar-refractivity contribution in [2.75, 3.05) is 13.1 Å². The minimum atomic E-state index is 0.0483. The molecule has 1 amide bonds. The van der Waals surface area contributed by atoms with E-state index in [2.05, 4.69) is 65.7 Å². The summed E-state index contributed by atoms with van der Waals surface area (Å²) in [5.41, 5.74) is 4.68. The van der Waals surface area contributed by atoms with Gasteiger partial charge in [0.15, 0.2) is 0 Å². The van der Waals surface area contributed by atoms with Gasteiger partial charge in [-0.05, 0) is 35.9 Å². The van der Waals surface area contributed by atoms with Gasteiger partial charge in [0.1, 0.15) is 0 Å². The summed E-state index contributed by atoms with van der Waals surface area (Å²) in [5.74, 6) is 0.0483. The van der Waals surface area contributed by atoms with Gasteiger partial charge in [0.05, 0.1) is 4.88 Å². The summed E-state index contributed by atoms with van der Waals surface area (Å²) < 4.78 is 0. The maximum Gasteiger partial charge on any atom is 0.262 e. The molecule has 1 aliphatic heterocycles. The fraction of sp³-hybridized carbons (Fsp3) is 0.261. The summed E-state index contributed by atoms with van der Waals surface area (Å²) in [4.78, 5) is 16.1. The molecule has 3 aromatic rings. The SMILES string of the molecule is Cc1ccc(-c2ccsc2C(=O)N[C@H]2CCN(Cc3ccccc3)C2)cc1. The van der Waals surface area contributed by atoms with Gasteiger partial charge in [0.2, 0.25) is 0 Å². The fourth-order valence-electron chi connectivity index (χ4n) is 3.63. The highest BCUT2D eigenvalue weighted by Gasteiger charge is 2.25. The molecule has 0 saturated carbocycles. The van der Waals surface area contributed by atoms with Crippen molar-refractivity contribution in [3.8, 4) is 11.1 Å². The van der Waals surface area contributed by atoms with Crippen LogP contribution in [0.25, 0.3) is 11.1 Å². The Morgan fingerprint density at radius 3 is 2.67 bits per heavy atom. The predicted molar refractivity (Wildman–Crippen MR) is 112 cm³/mol. The van der Waals surface area contributed by atoms with Crippen LogP contribution in [0.1, 0.15) is 27.2 Å². The van der Waals surface area contributed by atoms with Gasteiger partial charge in [-0.1, -0.05) is 60.2 Å². The van der Waals surface area contributed by atoms with Crippen LogP contribution < -0.4 is 5.32 Å². The lowest BCUT2D eigenvalue weighted by atomic mass is 10.0. The number of hydrogen-bond acceptors (Lipinski definition) is 3. The van der Waals surface area contributed by atoms with E-state index in [-0.39, 0.29) is 11.9 Å². The first-order valence-electron chi connectivity index (χ1n) is 9.41. The first-order valence-corrected chi connectivity index (χ1v) is 10.3. The van der Waals surface area contributed by atoms with Crippen LogP contribution in [-0.4, -0.2) is 29.9 Å². The molecule has 4 rings (SSSR count). The van der Waals surface area contributed by atoms with Gasteiger partial charge >= 0.3 is 0 Å². The van der Waals surface area contributed by atoms with E-state index in [9.17, 15) is 4.79 Å². The van der Waals surface area contributed by atoms with E-state index in [1.807, 2.05) is 17.5 Å². The molecule has 0 unspecified atom stereocenters. The summed E-state index contributed by atoms with van der Waals surface area (Å²) in [6.07, 6.45) is 1.00. The molecule has 0 aliphatic carbocycles. The second kappa shape index (κ2) is 8.07. The molecule has 0 bridgehead atoms. The van der Waals surface area contributed by atoms with Crippen LogP contribution in [0.15, 0.2) is 66.0 Å². The summed E-state index contributed by atoms with van der Waals surface area (Å²) in [6.45, 7) is 4.95. The summed E-state index contributed by atoms with van der Waals surface area (Å²) in [7, 11) is 0. The highest BCUT2D eigenvalue weighted by molar-refractivity contribution is 7.12. The smallest absolute Gasteiger partial charge is 0.262 e. The second-order valence-corrected chi connectivity index (χ2v) is 8.13. The minimum absolute atomic E-state index is 0.0483. The van der Waals surface area contributed by atoms with Crippen LogP contribution in [0, 0.1) is 6.92 Å². The van der Waals surface area contributed by atoms with Crippen LogP contribution in [0.5, 0.6) is 0 Å². The van der Waals surface area contributed by atoms with Gasteiger partial charge in [-0.15, -0.1) is 11.3 Å². The third kappa shape index (κ3) is 4.29. The summed E-state index contributed by atoms with van der Waals surface area (Å²) in [5, 5.41) is 5.25. The molecule has 1 N–H and O–H groups in total. The van der Waals surface area contributed by atoms with Gasteiger partial charge < -0.3 is 5.32 Å². The van der Waals surface area contributed by atoms with E-state index in [0.717, 1.165) is 42.1 Å². The monoisotopic (exact) mass is 376 g/mol. The molecule has 1 saturated heterocycles. The average molecular weight is 377 g/mol. The lowest BCUT2D eigenvalue weighted by Crippen LogP contribution is -2.36. The number of nitrogens with one attached hydrogen (secondary N) is 1. The molecule has 2 heterocycles. The van der Waals surface area contributed by atoms with Crippen LogP contribution in [0.2, 0.25) is 0 Å². The second-order valence-electron chi connectivity index (χ2n) is 7.21. The Morgan fingerprint density at radius 1 is 1.11 bits per heavy atom. The van der Waals surface area contributed by atoms with Crippen LogP contribution in [0.3, 0.4) is 0 Å². The first kappa shape index (κ1) is 18.0. The van der Waals surface area contributed by atoms with Crippen molar-refractivity contribution in [3.05, 3.63) is 82.0 Å². The van der Waals surface area contributed by atoms with Gasteiger partial charge in [-0.25, -0.2) is 0 Å². The number of carbonyl (C=O) groups is 1. The molecule has 1 aliphatic rings. The average Bonchev–Trinajstić information content (AvgIpc) is 3.33. The summed E-state index contributed by atoms with van der Waals surface area (Å²) >= 11 is 1.52. The van der Waals surface area contributed by atoms with Gasteiger partial charge in [0, 0.05) is 31.2 Å². The topological polar surface area (TPSA) is 32.3 Å². The van der Waals surface area contributed by atoms with E-state index >= 15 is 0 Å². The lowest BCUT2D eigenvalue weighted by molar-refractivity contribution is 0.0942. The van der Waals surface area contributed by atoms with Crippen molar-refractivity contribution < 1.29 is 4.79 Å². The predicted octanol–water partition coefficient (Wildman–Crippen LogP) is 4.73. The molecule has 4 heteroatoms. The Bertz CT molecular complexity index is 902. The Labute approximate surface area is 164 Å². The maximum atomic E-state index is 12.9. The molecule has 3 nitrogen and oxygen atoms in total. The Hall–Kier alpha value is -2.43. The standard InChI is InChI=1S/C23H24N2OS/c1-17-7-9-19(10-8-17)21-12-14-27-22(21)23(26)24-20-11-13-25(16-20)15-18-5-3-2-4-6-18/h2-10,12,14,20H,11,13,15-16H2,1H3,(H,24,26)/t20-/m0/s1. The van der Waals surface area contributed by atoms with Gasteiger partial charge in [-0.2, -0.15) is 0 Å². The van der Waals surface area contributed by atoms with Crippen molar-refractivity contribution in [3.63, 3.8) is 0 Å². The van der Waals surface area contributed by atoms with Crippen LogP contribution >= 0.6 is 11.3 Å². The number of rotatable bonds is 5. The van der Waals surface area contributed by atoms with Gasteiger partial charge in [-0.3, -0.25) is 9.69 Å². The zero-order chi connectivity index (χ0) is 18.6. The molecule has 1 atom stereocenters. The zero-order valence-corrected chi connectivity index (χ0v) is 16.3. The Morgan fingerprint density at radius 2 is 1.89 bits per heavy atom. The molecular formula is C23H24N2OS. The number of hydrogen-bond donors (Lipinski definition) is 1. The largest absolute Gasteiger partial charge is 0.347 e. The first-order chi connectivity index (χ1) is 13.2. The van der Waals surface area contributed by atoms with Crippen molar-refractivity contribution in [2.45, 2.75) is 25.9 Å². The zero-order valence-electron chi connectivity index (χ0n) is 15.5. The van der Waals surface area contributed by atoms with E-state index in [1.165, 1.54) is 22.5 Å². The molecule has 1 fully saturated rings. The van der Waals surface area contributed by atoms with Crippen molar-refractivity contribution in [2.24, 2.45) is 0 Å². The molecule has 0 spiro atoms. The number of thiophene rings is 1. The number of benzene rings is 2. The lowest BCUT2D eigenvalue weighted by Gasteiger charge is -2.17. The quantitative estimate of drug-likeness (QED) is 0.698. The molecule has 138 valence electrons. The summed E-state index contributed by atoms with van der Waals surface area (Å²) in [6, 6.07) is 21.1. The van der Waals surface area contributed by atoms with Crippen LogP contribution in [0.4, 0.5) is 0 Å². The highest BCUT2D eigenvalue weighted by atomic mass is 32.1. The highest BCUT2D eigenvalue weighted by Crippen LogP contribution is 2.29. The number of likely N-dealkylation sites (tertiary alicyclic amines) is 1. The normalized spacial score (nSPS) is 17.1. The molecule has 1 aromatic heterocycles. The molecule has 27 heavy (non-hydrogen) atoms. The number of nitrogens with zero attached hydrogens (tertiary/aromatic N) is 1. The molecular weight excluding hydrogens is 352 g/mol. The Kier molecular flexibility index (Phi) is 5.37. The third-order valence-corrected chi connectivity index (χ3v) is 6.00. The minimum Gasteiger partial charge on any atom is -0.347 e. The van der Waals surface area contributed by atoms with Crippen molar-refractivity contribution in [1.82, 2.24) is 10.2 Å². The third-order valence-electron chi connectivity index (χ3n) is 5.09. The number of carbonyl (C=O) groups excluding carboxylic acids is 1. The molecule has 2 aromatic carbocycles. The Balaban J connectivity index is 1.39. The number of amides is 1. The van der Waals surface area contributed by atoms with E-state index < -0.39 is 0 Å². The van der Waals surface area contributed by atoms with E-state index in [4.69, 9.17) is 0 Å². The number of aryl methyl sites for hydroxylation is 1.